The van der Waals surface area contributed by atoms with Crippen LogP contribution in [0.5, 0.6) is 5.75 Å². The molecule has 1 aromatic carbocycles. The van der Waals surface area contributed by atoms with Crippen molar-refractivity contribution in [3.8, 4) is 5.75 Å². The second kappa shape index (κ2) is 6.43. The van der Waals surface area contributed by atoms with Gasteiger partial charge in [0.25, 0.3) is 0 Å². The maximum absolute atomic E-state index is 12.7. The summed E-state index contributed by atoms with van der Waals surface area (Å²) in [7, 11) is 0. The molecule has 0 radical (unpaired) electrons. The van der Waals surface area contributed by atoms with Crippen LogP contribution in [0.3, 0.4) is 0 Å². The van der Waals surface area contributed by atoms with Gasteiger partial charge in [0.2, 0.25) is 5.78 Å². The van der Waals surface area contributed by atoms with Crippen LogP contribution in [-0.4, -0.2) is 21.7 Å². The quantitative estimate of drug-likeness (QED) is 0.757. The number of benzene rings is 1. The lowest BCUT2D eigenvalue weighted by Crippen LogP contribution is -2.14. The summed E-state index contributed by atoms with van der Waals surface area (Å²) in [6.07, 6.45) is 1.73. The number of ether oxygens (including phenoxy) is 1. The number of ketones is 1. The first-order valence-corrected chi connectivity index (χ1v) is 7.74. The van der Waals surface area contributed by atoms with E-state index in [1.54, 1.807) is 23.0 Å². The van der Waals surface area contributed by atoms with Crippen LogP contribution >= 0.6 is 15.9 Å². The fourth-order valence-electron chi connectivity index (χ4n) is 2.06. The molecule has 0 saturated heterocycles. The topological polar surface area (TPSA) is 44.1 Å². The van der Waals surface area contributed by atoms with Gasteiger partial charge >= 0.3 is 0 Å². The van der Waals surface area contributed by atoms with Crippen molar-refractivity contribution in [3.05, 3.63) is 46.2 Å². The smallest absolute Gasteiger partial charge is 0.212 e. The standard InChI is InChI=1S/C16H19BrN2O2/c1-10(2)19-15(14(17)9-18-19)16(20)12-6-5-7-13(8-12)21-11(3)4/h5-11H,1-4H3. The molecule has 0 aliphatic carbocycles. The van der Waals surface area contributed by atoms with Crippen molar-refractivity contribution in [2.75, 3.05) is 0 Å². The summed E-state index contributed by atoms with van der Waals surface area (Å²) >= 11 is 3.41. The van der Waals surface area contributed by atoms with Crippen LogP contribution in [0.15, 0.2) is 34.9 Å². The summed E-state index contributed by atoms with van der Waals surface area (Å²) in [4.78, 5) is 12.7. The first-order chi connectivity index (χ1) is 9.90. The average molecular weight is 351 g/mol. The molecule has 0 aliphatic rings. The van der Waals surface area contributed by atoms with Crippen molar-refractivity contribution in [1.82, 2.24) is 9.78 Å². The second-order valence-electron chi connectivity index (χ2n) is 5.40. The molecule has 0 saturated carbocycles. The third-order valence-electron chi connectivity index (χ3n) is 2.92. The number of halogens is 1. The summed E-state index contributed by atoms with van der Waals surface area (Å²) in [5.74, 6) is 0.630. The van der Waals surface area contributed by atoms with E-state index in [2.05, 4.69) is 21.0 Å². The van der Waals surface area contributed by atoms with E-state index >= 15 is 0 Å². The monoisotopic (exact) mass is 350 g/mol. The van der Waals surface area contributed by atoms with Gasteiger partial charge in [0.15, 0.2) is 0 Å². The van der Waals surface area contributed by atoms with Crippen LogP contribution in [0, 0.1) is 0 Å². The molecule has 0 atom stereocenters. The molecular weight excluding hydrogens is 332 g/mol. The highest BCUT2D eigenvalue weighted by atomic mass is 79.9. The Bertz CT molecular complexity index is 647. The number of aromatic nitrogens is 2. The fraction of sp³-hybridized carbons (Fsp3) is 0.375. The summed E-state index contributed by atoms with van der Waals surface area (Å²) in [6, 6.07) is 7.36. The fourth-order valence-corrected chi connectivity index (χ4v) is 2.52. The number of hydrogen-bond acceptors (Lipinski definition) is 3. The zero-order valence-electron chi connectivity index (χ0n) is 12.6. The molecular formula is C16H19BrN2O2. The number of carbonyl (C=O) groups excluding carboxylic acids is 1. The molecule has 0 N–H and O–H groups in total. The van der Waals surface area contributed by atoms with Gasteiger partial charge < -0.3 is 4.74 Å². The van der Waals surface area contributed by atoms with Gasteiger partial charge in [0.05, 0.1) is 16.8 Å². The maximum atomic E-state index is 12.7. The van der Waals surface area contributed by atoms with E-state index in [1.807, 2.05) is 39.8 Å². The van der Waals surface area contributed by atoms with Crippen LogP contribution in [0.2, 0.25) is 0 Å². The van der Waals surface area contributed by atoms with E-state index in [4.69, 9.17) is 4.74 Å². The van der Waals surface area contributed by atoms with Gasteiger partial charge in [-0.25, -0.2) is 0 Å². The Balaban J connectivity index is 2.39. The number of nitrogens with zero attached hydrogens (tertiary/aromatic N) is 2. The molecule has 21 heavy (non-hydrogen) atoms. The first-order valence-electron chi connectivity index (χ1n) is 6.94. The van der Waals surface area contributed by atoms with Crippen molar-refractivity contribution < 1.29 is 9.53 Å². The van der Waals surface area contributed by atoms with Crippen molar-refractivity contribution in [2.45, 2.75) is 39.8 Å². The molecule has 2 aromatic rings. The van der Waals surface area contributed by atoms with Crippen molar-refractivity contribution >= 4 is 21.7 Å². The first kappa shape index (κ1) is 15.8. The highest BCUT2D eigenvalue weighted by molar-refractivity contribution is 9.10. The average Bonchev–Trinajstić information content (AvgIpc) is 2.79. The summed E-state index contributed by atoms with van der Waals surface area (Å²) in [5, 5.41) is 4.25. The minimum atomic E-state index is -0.0673. The van der Waals surface area contributed by atoms with Gasteiger partial charge in [-0.15, -0.1) is 0 Å². The van der Waals surface area contributed by atoms with Crippen LogP contribution in [0.25, 0.3) is 0 Å². The molecule has 1 heterocycles. The molecule has 0 spiro atoms. The van der Waals surface area contributed by atoms with Gasteiger partial charge in [-0.1, -0.05) is 12.1 Å². The number of rotatable bonds is 5. The minimum absolute atomic E-state index is 0.0673. The van der Waals surface area contributed by atoms with Crippen LogP contribution < -0.4 is 4.74 Å². The van der Waals surface area contributed by atoms with E-state index in [0.717, 1.165) is 0 Å². The summed E-state index contributed by atoms with van der Waals surface area (Å²) in [5.41, 5.74) is 1.16. The van der Waals surface area contributed by atoms with E-state index in [-0.39, 0.29) is 17.9 Å². The highest BCUT2D eigenvalue weighted by Crippen LogP contribution is 2.24. The van der Waals surface area contributed by atoms with Crippen LogP contribution in [0.1, 0.15) is 49.8 Å². The van der Waals surface area contributed by atoms with E-state index in [0.29, 0.717) is 21.5 Å². The molecule has 0 bridgehead atoms. The SMILES string of the molecule is CC(C)Oc1cccc(C(=O)c2c(Br)cnn2C(C)C)c1. The van der Waals surface area contributed by atoms with Gasteiger partial charge in [-0.2, -0.15) is 5.10 Å². The maximum Gasteiger partial charge on any atom is 0.212 e. The Morgan fingerprint density at radius 1 is 1.29 bits per heavy atom. The largest absolute Gasteiger partial charge is 0.491 e. The highest BCUT2D eigenvalue weighted by Gasteiger charge is 2.20. The van der Waals surface area contributed by atoms with Gasteiger partial charge in [-0.3, -0.25) is 9.48 Å². The third kappa shape index (κ3) is 3.53. The van der Waals surface area contributed by atoms with Gasteiger partial charge in [-0.05, 0) is 55.8 Å². The Morgan fingerprint density at radius 2 is 2.00 bits per heavy atom. The molecule has 4 nitrogen and oxygen atoms in total. The predicted molar refractivity (Wildman–Crippen MR) is 86.0 cm³/mol. The lowest BCUT2D eigenvalue weighted by Gasteiger charge is -2.12. The Hall–Kier alpha value is -1.62. The Morgan fingerprint density at radius 3 is 2.62 bits per heavy atom. The molecule has 112 valence electrons. The van der Waals surface area contributed by atoms with Crippen molar-refractivity contribution in [2.24, 2.45) is 0 Å². The number of carbonyl (C=O) groups is 1. The Labute approximate surface area is 133 Å². The molecule has 0 aliphatic heterocycles. The van der Waals surface area contributed by atoms with E-state index < -0.39 is 0 Å². The summed E-state index contributed by atoms with van der Waals surface area (Å²) < 4.78 is 8.07. The third-order valence-corrected chi connectivity index (χ3v) is 3.50. The molecule has 0 fully saturated rings. The van der Waals surface area contributed by atoms with Gasteiger partial charge in [0.1, 0.15) is 11.4 Å². The van der Waals surface area contributed by atoms with E-state index in [9.17, 15) is 4.79 Å². The van der Waals surface area contributed by atoms with Gasteiger partial charge in [0, 0.05) is 11.6 Å². The van der Waals surface area contributed by atoms with Crippen molar-refractivity contribution in [3.63, 3.8) is 0 Å². The van der Waals surface area contributed by atoms with E-state index in [1.165, 1.54) is 0 Å². The molecule has 1 aromatic heterocycles. The zero-order chi connectivity index (χ0) is 15.6. The Kier molecular flexibility index (Phi) is 4.83. The normalized spacial score (nSPS) is 11.2. The predicted octanol–water partition coefficient (Wildman–Crippen LogP) is 4.24. The van der Waals surface area contributed by atoms with Crippen LogP contribution in [-0.2, 0) is 0 Å². The zero-order valence-corrected chi connectivity index (χ0v) is 14.2. The minimum Gasteiger partial charge on any atom is -0.491 e. The lowest BCUT2D eigenvalue weighted by atomic mass is 10.1. The van der Waals surface area contributed by atoms with Crippen molar-refractivity contribution in [1.29, 1.82) is 0 Å². The molecule has 5 heteroatoms. The van der Waals surface area contributed by atoms with Crippen LogP contribution in [0.4, 0.5) is 0 Å². The lowest BCUT2D eigenvalue weighted by molar-refractivity contribution is 0.102. The second-order valence-corrected chi connectivity index (χ2v) is 6.26. The molecule has 0 amide bonds. The molecule has 2 rings (SSSR count). The summed E-state index contributed by atoms with van der Waals surface area (Å²) in [6.45, 7) is 7.90. The molecule has 0 unspecified atom stereocenters. The number of hydrogen-bond donors (Lipinski definition) is 0.